The predicted octanol–water partition coefficient (Wildman–Crippen LogP) is 3.64. The highest BCUT2D eigenvalue weighted by atomic mass is 32.2. The smallest absolute Gasteiger partial charge is 0.254 e. The van der Waals surface area contributed by atoms with E-state index in [9.17, 15) is 13.2 Å². The van der Waals surface area contributed by atoms with Crippen LogP contribution in [0.5, 0.6) is 0 Å². The normalized spacial score (nSPS) is 11.3. The van der Waals surface area contributed by atoms with Crippen LogP contribution >= 0.6 is 0 Å². The Morgan fingerprint density at radius 3 is 2.52 bits per heavy atom. The zero-order chi connectivity index (χ0) is 23.8. The van der Waals surface area contributed by atoms with Crippen molar-refractivity contribution in [3.63, 3.8) is 0 Å². The second-order valence-corrected chi connectivity index (χ2v) is 9.59. The Balaban J connectivity index is 1.93. The van der Waals surface area contributed by atoms with Gasteiger partial charge in [0.05, 0.1) is 30.8 Å². The molecule has 1 amide bonds. The van der Waals surface area contributed by atoms with Crippen LogP contribution in [0.3, 0.4) is 0 Å². The van der Waals surface area contributed by atoms with Gasteiger partial charge in [-0.1, -0.05) is 54.6 Å². The van der Waals surface area contributed by atoms with Crippen LogP contribution < -0.4 is 0 Å². The highest BCUT2D eigenvalue weighted by Gasteiger charge is 2.26. The van der Waals surface area contributed by atoms with Crippen molar-refractivity contribution in [2.75, 3.05) is 20.3 Å². The minimum absolute atomic E-state index is 0.0312. The number of hydrogen-bond donors (Lipinski definition) is 0. The van der Waals surface area contributed by atoms with E-state index in [0.717, 1.165) is 5.56 Å². The second-order valence-electron chi connectivity index (χ2n) is 7.71. The summed E-state index contributed by atoms with van der Waals surface area (Å²) in [5, 5.41) is -0.0312. The summed E-state index contributed by atoms with van der Waals surface area (Å²) in [6.07, 6.45) is 3.14. The van der Waals surface area contributed by atoms with Crippen LogP contribution in [0.25, 0.3) is 0 Å². The number of rotatable bonds is 11. The molecular formula is C25H29N3O4S. The van der Waals surface area contributed by atoms with Crippen molar-refractivity contribution >= 4 is 15.7 Å². The van der Waals surface area contributed by atoms with E-state index in [0.29, 0.717) is 30.0 Å². The fraction of sp³-hybridized carbons (Fsp3) is 0.280. The Kier molecular flexibility index (Phi) is 8.19. The maximum Gasteiger partial charge on any atom is 0.254 e. The minimum Gasteiger partial charge on any atom is -0.383 e. The molecule has 3 rings (SSSR count). The van der Waals surface area contributed by atoms with E-state index < -0.39 is 9.84 Å². The van der Waals surface area contributed by atoms with E-state index in [-0.39, 0.29) is 29.9 Å². The summed E-state index contributed by atoms with van der Waals surface area (Å²) in [5.41, 5.74) is 2.76. The molecule has 0 bridgehead atoms. The Morgan fingerprint density at radius 2 is 1.85 bits per heavy atom. The third kappa shape index (κ3) is 5.97. The van der Waals surface area contributed by atoms with Crippen molar-refractivity contribution in [3.8, 4) is 0 Å². The van der Waals surface area contributed by atoms with Crippen LogP contribution in [0, 0.1) is 6.92 Å². The van der Waals surface area contributed by atoms with Gasteiger partial charge in [-0.15, -0.1) is 6.58 Å². The zero-order valence-corrected chi connectivity index (χ0v) is 19.8. The van der Waals surface area contributed by atoms with Gasteiger partial charge < -0.3 is 14.2 Å². The standard InChI is InChI=1S/C25H29N3O4S/c1-4-14-28-22(17-26-25(28)33(30,31)19-21-11-6-5-7-12-21)18-27(15-16-32-3)24(29)23-13-9-8-10-20(23)2/h4-13,17H,1,14-16,18-19H2,2-3H3. The number of methoxy groups -OCH3 is 1. The van der Waals surface area contributed by atoms with E-state index in [1.165, 1.54) is 6.20 Å². The second kappa shape index (κ2) is 11.1. The van der Waals surface area contributed by atoms with Gasteiger partial charge in [-0.05, 0) is 24.1 Å². The van der Waals surface area contributed by atoms with Gasteiger partial charge in [-0.2, -0.15) is 0 Å². The van der Waals surface area contributed by atoms with Crippen LogP contribution in [0.1, 0.15) is 27.2 Å². The SMILES string of the molecule is C=CCn1c(CN(CCOC)C(=O)c2ccccc2C)cnc1S(=O)(=O)Cc1ccccc1. The van der Waals surface area contributed by atoms with Crippen molar-refractivity contribution in [2.24, 2.45) is 0 Å². The average molecular weight is 468 g/mol. The zero-order valence-electron chi connectivity index (χ0n) is 19.0. The van der Waals surface area contributed by atoms with Gasteiger partial charge in [-0.3, -0.25) is 4.79 Å². The van der Waals surface area contributed by atoms with Crippen molar-refractivity contribution in [3.05, 3.63) is 95.8 Å². The van der Waals surface area contributed by atoms with Gasteiger partial charge in [0.15, 0.2) is 0 Å². The first kappa shape index (κ1) is 24.4. The summed E-state index contributed by atoms with van der Waals surface area (Å²) in [7, 11) is -2.13. The summed E-state index contributed by atoms with van der Waals surface area (Å²) < 4.78 is 33.1. The highest BCUT2D eigenvalue weighted by molar-refractivity contribution is 7.90. The first-order valence-corrected chi connectivity index (χ1v) is 12.3. The molecule has 0 aliphatic carbocycles. The molecule has 0 unspecified atom stereocenters. The van der Waals surface area contributed by atoms with Crippen molar-refractivity contribution < 1.29 is 17.9 Å². The topological polar surface area (TPSA) is 81.5 Å². The van der Waals surface area contributed by atoms with E-state index in [2.05, 4.69) is 11.6 Å². The van der Waals surface area contributed by atoms with E-state index >= 15 is 0 Å². The van der Waals surface area contributed by atoms with Gasteiger partial charge in [0, 0.05) is 25.8 Å². The minimum atomic E-state index is -3.70. The molecule has 0 fully saturated rings. The third-order valence-corrected chi connectivity index (χ3v) is 6.87. The monoisotopic (exact) mass is 467 g/mol. The number of amides is 1. The number of imidazole rings is 1. The largest absolute Gasteiger partial charge is 0.383 e. The number of benzene rings is 2. The lowest BCUT2D eigenvalue weighted by Crippen LogP contribution is -2.34. The molecule has 33 heavy (non-hydrogen) atoms. The summed E-state index contributed by atoms with van der Waals surface area (Å²) >= 11 is 0. The Hall–Kier alpha value is -3.23. The van der Waals surface area contributed by atoms with Gasteiger partial charge in [0.1, 0.15) is 0 Å². The summed E-state index contributed by atoms with van der Waals surface area (Å²) in [5.74, 6) is -0.304. The number of nitrogens with zero attached hydrogens (tertiary/aromatic N) is 3. The molecule has 1 heterocycles. The number of ether oxygens (including phenoxy) is 1. The molecule has 0 saturated heterocycles. The van der Waals surface area contributed by atoms with Crippen molar-refractivity contribution in [1.29, 1.82) is 0 Å². The maximum atomic E-state index is 13.3. The number of carbonyl (C=O) groups is 1. The molecule has 1 aromatic heterocycles. The van der Waals surface area contributed by atoms with E-state index in [1.807, 2.05) is 31.2 Å². The van der Waals surface area contributed by atoms with Gasteiger partial charge in [0.2, 0.25) is 15.0 Å². The molecular weight excluding hydrogens is 438 g/mol. The third-order valence-electron chi connectivity index (χ3n) is 5.27. The van der Waals surface area contributed by atoms with E-state index in [1.54, 1.807) is 53.0 Å². The van der Waals surface area contributed by atoms with Gasteiger partial charge in [0.25, 0.3) is 5.91 Å². The number of hydrogen-bond acceptors (Lipinski definition) is 5. The van der Waals surface area contributed by atoms with E-state index in [4.69, 9.17) is 4.74 Å². The predicted molar refractivity (Wildman–Crippen MR) is 128 cm³/mol. The maximum absolute atomic E-state index is 13.3. The molecule has 0 aliphatic heterocycles. The Bertz CT molecular complexity index is 1200. The fourth-order valence-electron chi connectivity index (χ4n) is 3.58. The molecule has 0 saturated carbocycles. The number of allylic oxidation sites excluding steroid dienone is 1. The molecule has 174 valence electrons. The lowest BCUT2D eigenvalue weighted by molar-refractivity contribution is 0.0675. The fourth-order valence-corrected chi connectivity index (χ4v) is 5.08. The van der Waals surface area contributed by atoms with Gasteiger partial charge in [-0.25, -0.2) is 13.4 Å². The molecule has 2 aromatic carbocycles. The molecule has 0 aliphatic rings. The number of aromatic nitrogens is 2. The first-order chi connectivity index (χ1) is 15.9. The highest BCUT2D eigenvalue weighted by Crippen LogP contribution is 2.20. The quantitative estimate of drug-likeness (QED) is 0.402. The van der Waals surface area contributed by atoms with Crippen LogP contribution in [-0.4, -0.2) is 49.0 Å². The molecule has 0 N–H and O–H groups in total. The summed E-state index contributed by atoms with van der Waals surface area (Å²) in [6.45, 7) is 6.81. The average Bonchev–Trinajstić information content (AvgIpc) is 3.20. The number of sulfone groups is 1. The van der Waals surface area contributed by atoms with Crippen molar-refractivity contribution in [2.45, 2.75) is 30.9 Å². The van der Waals surface area contributed by atoms with Crippen LogP contribution in [0.4, 0.5) is 0 Å². The lowest BCUT2D eigenvalue weighted by Gasteiger charge is -2.24. The molecule has 7 nitrogen and oxygen atoms in total. The molecule has 3 aromatic rings. The van der Waals surface area contributed by atoms with Crippen LogP contribution in [-0.2, 0) is 33.4 Å². The molecule has 8 heteroatoms. The Labute approximate surface area is 195 Å². The molecule has 0 radical (unpaired) electrons. The Morgan fingerprint density at radius 1 is 1.15 bits per heavy atom. The summed E-state index contributed by atoms with van der Waals surface area (Å²) in [6, 6.07) is 16.4. The summed E-state index contributed by atoms with van der Waals surface area (Å²) in [4.78, 5) is 19.2. The van der Waals surface area contributed by atoms with Crippen LogP contribution in [0.15, 0.2) is 78.6 Å². The molecule has 0 spiro atoms. The molecule has 0 atom stereocenters. The first-order valence-electron chi connectivity index (χ1n) is 10.6. The van der Waals surface area contributed by atoms with Crippen LogP contribution in [0.2, 0.25) is 0 Å². The van der Waals surface area contributed by atoms with Crippen molar-refractivity contribution in [1.82, 2.24) is 14.5 Å². The number of aryl methyl sites for hydroxylation is 1. The lowest BCUT2D eigenvalue weighted by atomic mass is 10.1. The van der Waals surface area contributed by atoms with Gasteiger partial charge >= 0.3 is 0 Å². The number of carbonyl (C=O) groups excluding carboxylic acids is 1.